The first-order chi connectivity index (χ1) is 12.1. The Morgan fingerprint density at radius 1 is 0.731 bits per heavy atom. The highest BCUT2D eigenvalue weighted by atomic mass is 32.1. The van der Waals surface area contributed by atoms with Gasteiger partial charge >= 0.3 is 5.97 Å². The fourth-order valence-electron chi connectivity index (χ4n) is 3.10. The van der Waals surface area contributed by atoms with Crippen molar-refractivity contribution in [2.45, 2.75) is 122 Å². The number of hydrogen-bond donors (Lipinski definition) is 2. The summed E-state index contributed by atoms with van der Waals surface area (Å²) in [6.07, 6.45) is 18.8. The van der Waals surface area contributed by atoms with Gasteiger partial charge in [0.2, 0.25) is 0 Å². The van der Waals surface area contributed by atoms with E-state index in [4.69, 9.17) is 10.8 Å². The van der Waals surface area contributed by atoms with Gasteiger partial charge in [-0.2, -0.15) is 13.5 Å². The summed E-state index contributed by atoms with van der Waals surface area (Å²) in [5.41, 5.74) is 5.44. The van der Waals surface area contributed by atoms with Gasteiger partial charge in [-0.3, -0.25) is 9.59 Å². The Hall–Kier alpha value is -0.550. The van der Waals surface area contributed by atoms with Gasteiger partial charge in [-0.25, -0.2) is 0 Å². The molecular formula is C21H43NO3S. The van der Waals surface area contributed by atoms with Crippen molar-refractivity contribution in [3.63, 3.8) is 0 Å². The summed E-state index contributed by atoms with van der Waals surface area (Å²) >= 11 is 0. The Balaban J connectivity index is 0. The summed E-state index contributed by atoms with van der Waals surface area (Å²) in [7, 11) is 0. The van der Waals surface area contributed by atoms with Crippen LogP contribution in [0, 0.1) is 0 Å². The van der Waals surface area contributed by atoms with E-state index in [0.717, 1.165) is 25.7 Å². The number of unbranched alkanes of at least 4 members (excludes halogenated alkanes) is 12. The smallest absolute Gasteiger partial charge is 0.320 e. The van der Waals surface area contributed by atoms with E-state index in [1.54, 1.807) is 0 Å². The maximum Gasteiger partial charge on any atom is 0.320 e. The van der Waals surface area contributed by atoms with Crippen LogP contribution in [0.15, 0.2) is 0 Å². The highest BCUT2D eigenvalue weighted by Gasteiger charge is 2.10. The van der Waals surface area contributed by atoms with Crippen molar-refractivity contribution in [2.24, 2.45) is 5.73 Å². The monoisotopic (exact) mass is 389 g/mol. The molecule has 0 saturated heterocycles. The standard InChI is InChI=1S/C21H41NO3.H2S/c1-2-3-4-5-6-7-8-9-10-11-13-16-19(23)17-14-12-15-18-20(22)21(24)25;/h20H,2-18,22H2,1H3,(H,24,25);1H2/t20-;/m0./s1. The molecule has 0 unspecified atom stereocenters. The van der Waals surface area contributed by atoms with E-state index >= 15 is 0 Å². The van der Waals surface area contributed by atoms with Gasteiger partial charge < -0.3 is 10.8 Å². The third-order valence-corrected chi connectivity index (χ3v) is 4.85. The van der Waals surface area contributed by atoms with Gasteiger partial charge in [0, 0.05) is 12.8 Å². The van der Waals surface area contributed by atoms with Gasteiger partial charge in [0.1, 0.15) is 11.8 Å². The molecule has 1 atom stereocenters. The van der Waals surface area contributed by atoms with Crippen molar-refractivity contribution in [3.05, 3.63) is 0 Å². The molecule has 0 spiro atoms. The molecule has 0 aromatic rings. The second kappa shape index (κ2) is 20.8. The lowest BCUT2D eigenvalue weighted by Crippen LogP contribution is -2.29. The molecule has 156 valence electrons. The molecule has 0 aromatic carbocycles. The first-order valence-electron chi connectivity index (χ1n) is 10.6. The molecule has 0 aliphatic carbocycles. The van der Waals surface area contributed by atoms with Gasteiger partial charge in [-0.05, 0) is 19.3 Å². The zero-order chi connectivity index (χ0) is 18.8. The van der Waals surface area contributed by atoms with Crippen LogP contribution in [0.2, 0.25) is 0 Å². The SMILES string of the molecule is CCCCCCCCCCCCCC(=O)CCCCC[C@H](N)C(=O)O.S. The second-order valence-corrected chi connectivity index (χ2v) is 7.37. The number of carbonyl (C=O) groups excluding carboxylic acids is 1. The van der Waals surface area contributed by atoms with Gasteiger partial charge in [0.25, 0.3) is 0 Å². The van der Waals surface area contributed by atoms with Gasteiger partial charge in [0.05, 0.1) is 0 Å². The molecule has 0 rings (SSSR count). The molecule has 0 heterocycles. The van der Waals surface area contributed by atoms with Crippen molar-refractivity contribution < 1.29 is 14.7 Å². The van der Waals surface area contributed by atoms with E-state index in [1.165, 1.54) is 64.2 Å². The zero-order valence-corrected chi connectivity index (χ0v) is 17.9. The number of ketones is 1. The average molecular weight is 390 g/mol. The summed E-state index contributed by atoms with van der Waals surface area (Å²) in [6, 6.07) is -0.757. The number of carboxylic acids is 1. The minimum Gasteiger partial charge on any atom is -0.480 e. The average Bonchev–Trinajstić information content (AvgIpc) is 2.59. The lowest BCUT2D eigenvalue weighted by molar-refractivity contribution is -0.138. The van der Waals surface area contributed by atoms with Crippen LogP contribution in [-0.4, -0.2) is 22.9 Å². The van der Waals surface area contributed by atoms with Crippen LogP contribution in [0.25, 0.3) is 0 Å². The van der Waals surface area contributed by atoms with Crippen molar-refractivity contribution >= 4 is 25.2 Å². The number of rotatable bonds is 19. The van der Waals surface area contributed by atoms with Crippen molar-refractivity contribution in [3.8, 4) is 0 Å². The van der Waals surface area contributed by atoms with E-state index in [0.29, 0.717) is 25.0 Å². The first-order valence-corrected chi connectivity index (χ1v) is 10.6. The minimum absolute atomic E-state index is 0. The van der Waals surface area contributed by atoms with Crippen LogP contribution in [0.3, 0.4) is 0 Å². The molecule has 4 nitrogen and oxygen atoms in total. The molecule has 0 amide bonds. The van der Waals surface area contributed by atoms with E-state index in [2.05, 4.69) is 6.92 Å². The Morgan fingerprint density at radius 3 is 1.54 bits per heavy atom. The number of Topliss-reactive ketones (excluding diaryl/α,β-unsaturated/α-hetero) is 1. The number of hydrogen-bond acceptors (Lipinski definition) is 3. The van der Waals surface area contributed by atoms with Crippen molar-refractivity contribution in [2.75, 3.05) is 0 Å². The summed E-state index contributed by atoms with van der Waals surface area (Å²) in [4.78, 5) is 22.4. The molecule has 5 heteroatoms. The minimum atomic E-state index is -0.937. The fraction of sp³-hybridized carbons (Fsp3) is 0.905. The molecule has 0 aliphatic rings. The van der Waals surface area contributed by atoms with Crippen molar-refractivity contribution in [1.29, 1.82) is 0 Å². The summed E-state index contributed by atoms with van der Waals surface area (Å²) in [6.45, 7) is 2.25. The van der Waals surface area contributed by atoms with Crippen LogP contribution in [-0.2, 0) is 9.59 Å². The Kier molecular flexibility index (Phi) is 22.1. The van der Waals surface area contributed by atoms with Crippen LogP contribution < -0.4 is 5.73 Å². The van der Waals surface area contributed by atoms with E-state index < -0.39 is 12.0 Å². The van der Waals surface area contributed by atoms with Crippen LogP contribution in [0.5, 0.6) is 0 Å². The topological polar surface area (TPSA) is 80.4 Å². The van der Waals surface area contributed by atoms with Crippen molar-refractivity contribution in [1.82, 2.24) is 0 Å². The first kappa shape index (κ1) is 27.7. The number of carbonyl (C=O) groups is 2. The Morgan fingerprint density at radius 2 is 1.12 bits per heavy atom. The Bertz CT molecular complexity index is 337. The highest BCUT2D eigenvalue weighted by Crippen LogP contribution is 2.13. The Labute approximate surface area is 168 Å². The van der Waals surface area contributed by atoms with Crippen LogP contribution in [0.1, 0.15) is 116 Å². The number of carboxylic acid groups (broad SMARTS) is 1. The molecule has 0 saturated carbocycles. The van der Waals surface area contributed by atoms with E-state index in [1.807, 2.05) is 0 Å². The second-order valence-electron chi connectivity index (χ2n) is 7.37. The van der Waals surface area contributed by atoms with Gasteiger partial charge in [-0.15, -0.1) is 0 Å². The molecule has 0 aromatic heterocycles. The number of nitrogens with two attached hydrogens (primary N) is 1. The molecule has 3 N–H and O–H groups in total. The fourth-order valence-corrected chi connectivity index (χ4v) is 3.10. The van der Waals surface area contributed by atoms with Gasteiger partial charge in [-0.1, -0.05) is 84.0 Å². The number of aliphatic carboxylic acids is 1. The largest absolute Gasteiger partial charge is 0.480 e. The maximum absolute atomic E-state index is 11.8. The molecule has 26 heavy (non-hydrogen) atoms. The molecule has 0 radical (unpaired) electrons. The highest BCUT2D eigenvalue weighted by molar-refractivity contribution is 7.59. The van der Waals surface area contributed by atoms with Crippen LogP contribution in [0.4, 0.5) is 0 Å². The molecular weight excluding hydrogens is 346 g/mol. The predicted molar refractivity (Wildman–Crippen MR) is 115 cm³/mol. The lowest BCUT2D eigenvalue weighted by Gasteiger charge is -2.05. The quantitative estimate of drug-likeness (QED) is 0.276. The lowest BCUT2D eigenvalue weighted by atomic mass is 10.0. The summed E-state index contributed by atoms with van der Waals surface area (Å²) < 4.78 is 0. The normalized spacial score (nSPS) is 11.8. The molecule has 0 fully saturated rings. The summed E-state index contributed by atoms with van der Waals surface area (Å²) in [5, 5.41) is 8.68. The van der Waals surface area contributed by atoms with Gasteiger partial charge in [0.15, 0.2) is 0 Å². The predicted octanol–water partition coefficient (Wildman–Crippen LogP) is 5.73. The third-order valence-electron chi connectivity index (χ3n) is 4.85. The maximum atomic E-state index is 11.8. The third kappa shape index (κ3) is 19.8. The van der Waals surface area contributed by atoms with E-state index in [-0.39, 0.29) is 13.5 Å². The van der Waals surface area contributed by atoms with Crippen LogP contribution >= 0.6 is 13.5 Å². The molecule has 0 aliphatic heterocycles. The molecule has 0 bridgehead atoms. The zero-order valence-electron chi connectivity index (χ0n) is 16.9. The van der Waals surface area contributed by atoms with E-state index in [9.17, 15) is 9.59 Å². The summed E-state index contributed by atoms with van der Waals surface area (Å²) in [5.74, 6) is -0.578.